The third-order valence-electron chi connectivity index (χ3n) is 1.52. The molecule has 0 saturated carbocycles. The second-order valence-corrected chi connectivity index (χ2v) is 14.6. The summed E-state index contributed by atoms with van der Waals surface area (Å²) in [5, 5.41) is 0. The lowest BCUT2D eigenvalue weighted by Crippen LogP contribution is -2.31. The van der Waals surface area contributed by atoms with Crippen molar-refractivity contribution in [2.24, 2.45) is 0 Å². The van der Waals surface area contributed by atoms with Crippen LogP contribution in [0.4, 0.5) is 0 Å². The van der Waals surface area contributed by atoms with E-state index < -0.39 is 16.6 Å². The summed E-state index contributed by atoms with van der Waals surface area (Å²) in [6.45, 7) is 12.8. The number of hydrogen-bond donors (Lipinski definition) is 0. The van der Waals surface area contributed by atoms with Crippen molar-refractivity contribution in [3.05, 3.63) is 18.2 Å². The molecule has 1 rings (SSSR count). The maximum Gasteiger partial charge on any atom is 0.244 e. The van der Waals surface area contributed by atoms with Crippen LogP contribution in [0.1, 0.15) is 0 Å². The molecule has 0 radical (unpaired) electrons. The van der Waals surface area contributed by atoms with Gasteiger partial charge in [0, 0.05) is 0 Å². The van der Waals surface area contributed by atoms with Crippen LogP contribution in [0.25, 0.3) is 0 Å². The van der Waals surface area contributed by atoms with Crippen LogP contribution < -0.4 is 8.85 Å². The number of rotatable bonds is 4. The number of nitrogens with zero attached hydrogens (tertiary/aromatic N) is 1. The van der Waals surface area contributed by atoms with Gasteiger partial charge in [0.2, 0.25) is 28.4 Å². The molecule has 0 aliphatic rings. The Labute approximate surface area is 100 Å². The first-order chi connectivity index (χ1) is 7.16. The number of pyridine rings is 1. The van der Waals surface area contributed by atoms with E-state index in [1.54, 1.807) is 0 Å². The van der Waals surface area contributed by atoms with Gasteiger partial charge < -0.3 is 8.85 Å². The van der Waals surface area contributed by atoms with E-state index in [9.17, 15) is 0 Å². The number of aromatic nitrogens is 1. The van der Waals surface area contributed by atoms with E-state index in [0.717, 1.165) is 0 Å². The quantitative estimate of drug-likeness (QED) is 0.772. The highest BCUT2D eigenvalue weighted by Crippen LogP contribution is 2.19. The molecule has 0 N–H and O–H groups in total. The van der Waals surface area contributed by atoms with Crippen LogP contribution in [0.5, 0.6) is 11.8 Å². The maximum atomic E-state index is 5.82. The molecule has 0 unspecified atom stereocenters. The smallest absolute Gasteiger partial charge is 0.244 e. The van der Waals surface area contributed by atoms with Gasteiger partial charge in [-0.25, -0.2) is 0 Å². The summed E-state index contributed by atoms with van der Waals surface area (Å²) in [7, 11) is -3.17. The summed E-state index contributed by atoms with van der Waals surface area (Å²) in [5.74, 6) is 1.35. The van der Waals surface area contributed by atoms with Crippen LogP contribution in [0.3, 0.4) is 0 Å². The Morgan fingerprint density at radius 3 is 1.50 bits per heavy atom. The van der Waals surface area contributed by atoms with Gasteiger partial charge in [0.1, 0.15) is 0 Å². The zero-order valence-electron chi connectivity index (χ0n) is 11.0. The third kappa shape index (κ3) is 5.32. The molecule has 90 valence electrons. The van der Waals surface area contributed by atoms with E-state index in [2.05, 4.69) is 44.3 Å². The molecule has 0 bridgehead atoms. The molecule has 5 heteroatoms. The second-order valence-electron chi connectivity index (χ2n) is 5.74. The van der Waals surface area contributed by atoms with Crippen LogP contribution in [0, 0.1) is 0 Å². The predicted octanol–water partition coefficient (Wildman–Crippen LogP) is 3.51. The van der Waals surface area contributed by atoms with Gasteiger partial charge in [0.15, 0.2) is 0 Å². The molecule has 0 fully saturated rings. The van der Waals surface area contributed by atoms with E-state index in [4.69, 9.17) is 8.85 Å². The number of hydrogen-bond acceptors (Lipinski definition) is 3. The minimum Gasteiger partial charge on any atom is -0.531 e. The molecule has 0 saturated heterocycles. The van der Waals surface area contributed by atoms with Gasteiger partial charge in [0.05, 0.1) is 0 Å². The topological polar surface area (TPSA) is 31.4 Å². The van der Waals surface area contributed by atoms with Crippen LogP contribution in [-0.2, 0) is 0 Å². The van der Waals surface area contributed by atoms with E-state index in [1.165, 1.54) is 0 Å². The summed E-state index contributed by atoms with van der Waals surface area (Å²) in [4.78, 5) is 4.37. The first kappa shape index (κ1) is 13.2. The highest BCUT2D eigenvalue weighted by atomic mass is 28.4. The van der Waals surface area contributed by atoms with Gasteiger partial charge >= 0.3 is 0 Å². The Kier molecular flexibility index (Phi) is 3.80. The Morgan fingerprint density at radius 2 is 1.19 bits per heavy atom. The van der Waals surface area contributed by atoms with Gasteiger partial charge in [0.25, 0.3) is 0 Å². The van der Waals surface area contributed by atoms with Crippen molar-refractivity contribution in [2.75, 3.05) is 0 Å². The summed E-state index contributed by atoms with van der Waals surface area (Å²) < 4.78 is 11.6. The summed E-state index contributed by atoms with van der Waals surface area (Å²) in [5.41, 5.74) is 0. The molecule has 0 aliphatic heterocycles. The molecular formula is C11H21NO2Si2. The van der Waals surface area contributed by atoms with Crippen molar-refractivity contribution in [3.8, 4) is 11.8 Å². The van der Waals surface area contributed by atoms with E-state index in [-0.39, 0.29) is 0 Å². The van der Waals surface area contributed by atoms with Crippen molar-refractivity contribution >= 4 is 16.6 Å². The van der Waals surface area contributed by atoms with Gasteiger partial charge in [-0.15, -0.1) is 0 Å². The fourth-order valence-electron chi connectivity index (χ4n) is 1.14. The zero-order chi connectivity index (χ0) is 12.4. The first-order valence-corrected chi connectivity index (χ1v) is 12.3. The normalized spacial score (nSPS) is 12.4. The molecule has 16 heavy (non-hydrogen) atoms. The van der Waals surface area contributed by atoms with Crippen LogP contribution in [0.2, 0.25) is 39.3 Å². The molecule has 1 aromatic heterocycles. The molecule has 0 aliphatic carbocycles. The summed E-state index contributed by atoms with van der Waals surface area (Å²) in [6.07, 6.45) is 0. The van der Waals surface area contributed by atoms with E-state index >= 15 is 0 Å². The monoisotopic (exact) mass is 255 g/mol. The minimum absolute atomic E-state index is 0.676. The molecule has 0 atom stereocenters. The third-order valence-corrected chi connectivity index (χ3v) is 3.16. The lowest BCUT2D eigenvalue weighted by Gasteiger charge is -2.21. The average Bonchev–Trinajstić information content (AvgIpc) is 1.96. The molecule has 1 aromatic rings. The molecule has 0 aromatic carbocycles. The first-order valence-electron chi connectivity index (χ1n) is 5.51. The fraction of sp³-hybridized carbons (Fsp3) is 0.545. The molecule has 0 amide bonds. The predicted molar refractivity (Wildman–Crippen MR) is 72.2 cm³/mol. The largest absolute Gasteiger partial charge is 0.531 e. The highest BCUT2D eigenvalue weighted by molar-refractivity contribution is 6.70. The summed E-state index contributed by atoms with van der Waals surface area (Å²) >= 11 is 0. The second kappa shape index (κ2) is 4.59. The Morgan fingerprint density at radius 1 is 0.812 bits per heavy atom. The average molecular weight is 255 g/mol. The van der Waals surface area contributed by atoms with E-state index in [1.807, 2.05) is 18.2 Å². The molecular weight excluding hydrogens is 234 g/mol. The lowest BCUT2D eigenvalue weighted by atomic mass is 10.5. The Balaban J connectivity index is 2.79. The van der Waals surface area contributed by atoms with Gasteiger partial charge in [-0.3, -0.25) is 0 Å². The van der Waals surface area contributed by atoms with Crippen molar-refractivity contribution < 1.29 is 8.85 Å². The van der Waals surface area contributed by atoms with Gasteiger partial charge in [-0.05, 0) is 51.4 Å². The molecule has 0 spiro atoms. The maximum absolute atomic E-state index is 5.82. The van der Waals surface area contributed by atoms with Crippen LogP contribution in [0.15, 0.2) is 18.2 Å². The molecule has 1 heterocycles. The van der Waals surface area contributed by atoms with E-state index in [0.29, 0.717) is 11.8 Å². The lowest BCUT2D eigenvalue weighted by molar-refractivity contribution is 0.493. The Hall–Kier alpha value is -0.816. The van der Waals surface area contributed by atoms with Crippen molar-refractivity contribution in [1.29, 1.82) is 0 Å². The van der Waals surface area contributed by atoms with Crippen molar-refractivity contribution in [3.63, 3.8) is 0 Å². The fourth-order valence-corrected chi connectivity index (χ4v) is 2.62. The SMILES string of the molecule is C[Si](C)(C)Oc1cccc(O[Si](C)(C)C)n1. The molecule has 3 nitrogen and oxygen atoms in total. The van der Waals surface area contributed by atoms with Crippen LogP contribution >= 0.6 is 0 Å². The highest BCUT2D eigenvalue weighted by Gasteiger charge is 2.19. The van der Waals surface area contributed by atoms with Crippen molar-refractivity contribution in [2.45, 2.75) is 39.3 Å². The van der Waals surface area contributed by atoms with Gasteiger partial charge in [-0.2, -0.15) is 4.98 Å². The summed E-state index contributed by atoms with van der Waals surface area (Å²) in [6, 6.07) is 5.70. The standard InChI is InChI=1S/C11H21NO2Si2/c1-15(2,3)13-10-8-7-9-11(12-10)14-16(4,5)6/h7-9H,1-6H3. The van der Waals surface area contributed by atoms with Crippen molar-refractivity contribution in [1.82, 2.24) is 4.98 Å². The Bertz CT molecular complexity index is 324. The van der Waals surface area contributed by atoms with Crippen LogP contribution in [-0.4, -0.2) is 21.6 Å². The van der Waals surface area contributed by atoms with Gasteiger partial charge in [-0.1, -0.05) is 6.07 Å². The minimum atomic E-state index is -1.59. The zero-order valence-corrected chi connectivity index (χ0v) is 13.0.